The molecule has 0 bridgehead atoms. The summed E-state index contributed by atoms with van der Waals surface area (Å²) in [6.07, 6.45) is 0. The number of hydrogen-bond donors (Lipinski definition) is 1. The summed E-state index contributed by atoms with van der Waals surface area (Å²) in [5.74, 6) is -1.49. The fourth-order valence-electron chi connectivity index (χ4n) is 2.00. The molecule has 0 spiro atoms. The van der Waals surface area contributed by atoms with E-state index in [1.807, 2.05) is 0 Å². The lowest BCUT2D eigenvalue weighted by Gasteiger charge is -2.14. The molecule has 0 fully saturated rings. The van der Waals surface area contributed by atoms with E-state index < -0.39 is 22.9 Å². The molecule has 1 heterocycles. The normalized spacial score (nSPS) is 10.3. The quantitative estimate of drug-likeness (QED) is 0.911. The molecule has 1 aromatic carbocycles. The average molecular weight is 306 g/mol. The average Bonchev–Trinajstić information content (AvgIpc) is 2.49. The van der Waals surface area contributed by atoms with Crippen LogP contribution in [0, 0.1) is 23.0 Å². The summed E-state index contributed by atoms with van der Waals surface area (Å²) in [7, 11) is 2.64. The van der Waals surface area contributed by atoms with E-state index in [-0.39, 0.29) is 23.5 Å². The summed E-state index contributed by atoms with van der Waals surface area (Å²) in [5, 5.41) is 11.8. The molecule has 0 saturated carbocycles. The molecule has 2 aromatic rings. The van der Waals surface area contributed by atoms with Gasteiger partial charge in [-0.25, -0.2) is 13.6 Å². The molecule has 6 nitrogen and oxygen atoms in total. The first kappa shape index (κ1) is 15.4. The highest BCUT2D eigenvalue weighted by molar-refractivity contribution is 5.51. The van der Waals surface area contributed by atoms with Crippen molar-refractivity contribution in [3.05, 3.63) is 61.8 Å². The number of nitriles is 1. The van der Waals surface area contributed by atoms with Crippen LogP contribution >= 0.6 is 0 Å². The summed E-state index contributed by atoms with van der Waals surface area (Å²) in [4.78, 5) is 23.7. The second-order valence-electron chi connectivity index (χ2n) is 4.63. The number of nitrogens with zero attached hydrogens (tertiary/aromatic N) is 3. The minimum atomic E-state index is -0.764. The van der Waals surface area contributed by atoms with Crippen molar-refractivity contribution in [1.29, 1.82) is 5.26 Å². The Hall–Kier alpha value is -2.95. The third-order valence-corrected chi connectivity index (χ3v) is 3.24. The maximum Gasteiger partial charge on any atom is 0.332 e. The van der Waals surface area contributed by atoms with Gasteiger partial charge in [-0.15, -0.1) is 0 Å². The molecule has 2 rings (SSSR count). The molecule has 0 atom stereocenters. The van der Waals surface area contributed by atoms with Gasteiger partial charge in [0.15, 0.2) is 5.56 Å². The summed E-state index contributed by atoms with van der Waals surface area (Å²) in [6.45, 7) is -0.110. The number of halogens is 2. The fourth-order valence-corrected chi connectivity index (χ4v) is 2.00. The second-order valence-corrected chi connectivity index (χ2v) is 4.63. The lowest BCUT2D eigenvalue weighted by Crippen LogP contribution is -2.39. The Kier molecular flexibility index (Phi) is 4.08. The highest BCUT2D eigenvalue weighted by atomic mass is 19.1. The smallest absolute Gasteiger partial charge is 0.332 e. The van der Waals surface area contributed by atoms with Gasteiger partial charge in [-0.3, -0.25) is 13.9 Å². The van der Waals surface area contributed by atoms with Crippen LogP contribution in [0.2, 0.25) is 0 Å². The SMILES string of the molecule is Cn1c(NCc2ccc(F)cc2F)c(C#N)c(=O)n(C)c1=O. The van der Waals surface area contributed by atoms with Gasteiger partial charge in [0, 0.05) is 32.3 Å². The highest BCUT2D eigenvalue weighted by Gasteiger charge is 2.15. The van der Waals surface area contributed by atoms with E-state index in [4.69, 9.17) is 5.26 Å². The molecule has 0 unspecified atom stereocenters. The Labute approximate surface area is 123 Å². The third-order valence-electron chi connectivity index (χ3n) is 3.24. The summed E-state index contributed by atoms with van der Waals surface area (Å²) in [5.41, 5.74) is -1.48. The standard InChI is InChI=1S/C14H12F2N4O2/c1-19-12(10(6-17)13(21)20(2)14(19)22)18-7-8-3-4-9(15)5-11(8)16/h3-5,18H,7H2,1-2H3. The maximum atomic E-state index is 13.6. The van der Waals surface area contributed by atoms with E-state index in [1.165, 1.54) is 20.2 Å². The van der Waals surface area contributed by atoms with Gasteiger partial charge in [0.05, 0.1) is 0 Å². The molecule has 0 aliphatic carbocycles. The highest BCUT2D eigenvalue weighted by Crippen LogP contribution is 2.13. The Bertz CT molecular complexity index is 893. The molecule has 0 aliphatic rings. The van der Waals surface area contributed by atoms with Gasteiger partial charge in [-0.2, -0.15) is 5.26 Å². The minimum Gasteiger partial charge on any atom is -0.366 e. The first-order valence-electron chi connectivity index (χ1n) is 6.24. The first-order chi connectivity index (χ1) is 10.4. The van der Waals surface area contributed by atoms with E-state index in [0.717, 1.165) is 21.3 Å². The second kappa shape index (κ2) is 5.81. The molecule has 1 aromatic heterocycles. The van der Waals surface area contributed by atoms with Gasteiger partial charge >= 0.3 is 5.69 Å². The number of benzene rings is 1. The number of hydrogen-bond acceptors (Lipinski definition) is 4. The Morgan fingerprint density at radius 2 is 1.91 bits per heavy atom. The zero-order valence-corrected chi connectivity index (χ0v) is 11.9. The Balaban J connectivity index is 2.44. The van der Waals surface area contributed by atoms with Crippen molar-refractivity contribution in [1.82, 2.24) is 9.13 Å². The van der Waals surface area contributed by atoms with Crippen molar-refractivity contribution in [2.45, 2.75) is 6.54 Å². The van der Waals surface area contributed by atoms with Gasteiger partial charge in [0.1, 0.15) is 23.5 Å². The molecule has 8 heteroatoms. The monoisotopic (exact) mass is 306 g/mol. The van der Waals surface area contributed by atoms with Gasteiger partial charge in [0.25, 0.3) is 5.56 Å². The van der Waals surface area contributed by atoms with Crippen LogP contribution in [-0.4, -0.2) is 9.13 Å². The molecular weight excluding hydrogens is 294 g/mol. The van der Waals surface area contributed by atoms with Gasteiger partial charge < -0.3 is 5.32 Å². The van der Waals surface area contributed by atoms with Crippen molar-refractivity contribution < 1.29 is 8.78 Å². The maximum absolute atomic E-state index is 13.6. The van der Waals surface area contributed by atoms with E-state index in [2.05, 4.69) is 5.32 Å². The molecule has 114 valence electrons. The van der Waals surface area contributed by atoms with Gasteiger partial charge in [-0.05, 0) is 6.07 Å². The molecule has 22 heavy (non-hydrogen) atoms. The topological polar surface area (TPSA) is 79.8 Å². The van der Waals surface area contributed by atoms with Crippen molar-refractivity contribution in [3.8, 4) is 6.07 Å². The van der Waals surface area contributed by atoms with Crippen LogP contribution < -0.4 is 16.6 Å². The molecule has 0 amide bonds. The van der Waals surface area contributed by atoms with E-state index in [9.17, 15) is 18.4 Å². The Morgan fingerprint density at radius 1 is 1.23 bits per heavy atom. The largest absolute Gasteiger partial charge is 0.366 e. The van der Waals surface area contributed by atoms with Crippen molar-refractivity contribution in [3.63, 3.8) is 0 Å². The summed E-state index contributed by atoms with van der Waals surface area (Å²) < 4.78 is 28.3. The fraction of sp³-hybridized carbons (Fsp3) is 0.214. The lowest BCUT2D eigenvalue weighted by atomic mass is 10.2. The predicted molar refractivity (Wildman–Crippen MR) is 75.3 cm³/mol. The van der Waals surface area contributed by atoms with E-state index in [1.54, 1.807) is 6.07 Å². The minimum absolute atomic E-state index is 0.0145. The van der Waals surface area contributed by atoms with Crippen LogP contribution in [0.5, 0.6) is 0 Å². The molecule has 0 saturated heterocycles. The van der Waals surface area contributed by atoms with Crippen LogP contribution in [0.4, 0.5) is 14.6 Å². The summed E-state index contributed by atoms with van der Waals surface area (Å²) in [6, 6.07) is 4.78. The molecule has 0 aliphatic heterocycles. The predicted octanol–water partition coefficient (Wildman–Crippen LogP) is 0.846. The number of aromatic nitrogens is 2. The first-order valence-corrected chi connectivity index (χ1v) is 6.24. The van der Waals surface area contributed by atoms with E-state index >= 15 is 0 Å². The molecule has 1 N–H and O–H groups in total. The van der Waals surface area contributed by atoms with Crippen molar-refractivity contribution >= 4 is 5.82 Å². The number of anilines is 1. The molecule has 0 radical (unpaired) electrons. The van der Waals surface area contributed by atoms with Crippen LogP contribution in [0.1, 0.15) is 11.1 Å². The third kappa shape index (κ3) is 2.61. The summed E-state index contributed by atoms with van der Waals surface area (Å²) >= 11 is 0. The van der Waals surface area contributed by atoms with Gasteiger partial charge in [-0.1, -0.05) is 6.07 Å². The van der Waals surface area contributed by atoms with Crippen LogP contribution in [-0.2, 0) is 20.6 Å². The zero-order chi connectivity index (χ0) is 16.4. The number of nitrogens with one attached hydrogen (secondary N) is 1. The molecular formula is C14H12F2N4O2. The van der Waals surface area contributed by atoms with Crippen molar-refractivity contribution in [2.24, 2.45) is 14.1 Å². The van der Waals surface area contributed by atoms with Crippen LogP contribution in [0.25, 0.3) is 0 Å². The van der Waals surface area contributed by atoms with Crippen molar-refractivity contribution in [2.75, 3.05) is 5.32 Å². The Morgan fingerprint density at radius 3 is 2.50 bits per heavy atom. The number of rotatable bonds is 3. The zero-order valence-electron chi connectivity index (χ0n) is 11.9. The lowest BCUT2D eigenvalue weighted by molar-refractivity contribution is 0.573. The van der Waals surface area contributed by atoms with Crippen LogP contribution in [0.15, 0.2) is 27.8 Å². The van der Waals surface area contributed by atoms with E-state index in [0.29, 0.717) is 0 Å². The van der Waals surface area contributed by atoms with Gasteiger partial charge in [0.2, 0.25) is 0 Å². The van der Waals surface area contributed by atoms with Crippen LogP contribution in [0.3, 0.4) is 0 Å².